The van der Waals surface area contributed by atoms with Gasteiger partial charge in [0.1, 0.15) is 12.1 Å². The van der Waals surface area contributed by atoms with Crippen LogP contribution in [-0.4, -0.2) is 54.5 Å². The van der Waals surface area contributed by atoms with Gasteiger partial charge >= 0.3 is 6.03 Å². The van der Waals surface area contributed by atoms with Crippen molar-refractivity contribution in [3.8, 4) is 0 Å². The molecule has 0 aromatic rings. The molecule has 1 heterocycles. The molecule has 122 valence electrons. The van der Waals surface area contributed by atoms with Crippen LogP contribution in [0.1, 0.15) is 33.6 Å². The molecule has 0 bridgehead atoms. The molecular weight excluding hydrogens is 296 g/mol. The van der Waals surface area contributed by atoms with Gasteiger partial charge < -0.3 is 16.0 Å². The Hall–Kier alpha value is -1.34. The average Bonchev–Trinajstić information content (AvgIpc) is 2.69. The van der Waals surface area contributed by atoms with E-state index in [2.05, 4.69) is 16.0 Å². The number of carbonyl (C=O) groups is 3. The minimum absolute atomic E-state index is 0. The average molecular weight is 321 g/mol. The van der Waals surface area contributed by atoms with Gasteiger partial charge in [0.15, 0.2) is 0 Å². The zero-order valence-corrected chi connectivity index (χ0v) is 13.8. The number of nitrogens with one attached hydrogen (secondary N) is 3. The lowest BCUT2D eigenvalue weighted by atomic mass is 9.93. The molecule has 1 aliphatic heterocycles. The Morgan fingerprint density at radius 3 is 2.33 bits per heavy atom. The quantitative estimate of drug-likeness (QED) is 0.586. The molecule has 21 heavy (non-hydrogen) atoms. The maximum absolute atomic E-state index is 12.3. The molecule has 1 rings (SSSR count). The van der Waals surface area contributed by atoms with Crippen LogP contribution in [0.3, 0.4) is 0 Å². The Morgan fingerprint density at radius 1 is 1.33 bits per heavy atom. The monoisotopic (exact) mass is 320 g/mol. The van der Waals surface area contributed by atoms with Gasteiger partial charge in [0, 0.05) is 12.6 Å². The van der Waals surface area contributed by atoms with Crippen LogP contribution in [0.5, 0.6) is 0 Å². The second-order valence-corrected chi connectivity index (χ2v) is 5.10. The smallest absolute Gasteiger partial charge is 0.325 e. The van der Waals surface area contributed by atoms with Gasteiger partial charge in [-0.15, -0.1) is 12.4 Å². The second-order valence-electron chi connectivity index (χ2n) is 5.10. The fraction of sp³-hybridized carbons (Fsp3) is 0.769. The van der Waals surface area contributed by atoms with Crippen LogP contribution in [-0.2, 0) is 9.59 Å². The summed E-state index contributed by atoms with van der Waals surface area (Å²) >= 11 is 0. The molecule has 0 radical (unpaired) electrons. The molecule has 0 aromatic carbocycles. The van der Waals surface area contributed by atoms with Crippen molar-refractivity contribution in [3.05, 3.63) is 0 Å². The van der Waals surface area contributed by atoms with E-state index in [9.17, 15) is 14.4 Å². The summed E-state index contributed by atoms with van der Waals surface area (Å²) in [7, 11) is 1.80. The maximum atomic E-state index is 12.3. The van der Waals surface area contributed by atoms with Crippen LogP contribution in [0.4, 0.5) is 4.79 Å². The van der Waals surface area contributed by atoms with E-state index >= 15 is 0 Å². The summed E-state index contributed by atoms with van der Waals surface area (Å²) < 4.78 is 0. The topological polar surface area (TPSA) is 90.5 Å². The summed E-state index contributed by atoms with van der Waals surface area (Å²) in [5.41, 5.74) is -0.852. The maximum Gasteiger partial charge on any atom is 0.325 e. The van der Waals surface area contributed by atoms with Gasteiger partial charge in [-0.2, -0.15) is 0 Å². The molecule has 0 aliphatic carbocycles. The van der Waals surface area contributed by atoms with Crippen molar-refractivity contribution in [1.82, 2.24) is 20.9 Å². The Morgan fingerprint density at radius 2 is 1.90 bits per heavy atom. The molecule has 1 aliphatic rings. The largest absolute Gasteiger partial charge is 0.353 e. The van der Waals surface area contributed by atoms with E-state index < -0.39 is 11.6 Å². The highest BCUT2D eigenvalue weighted by molar-refractivity contribution is 6.08. The van der Waals surface area contributed by atoms with Gasteiger partial charge in [0.25, 0.3) is 5.91 Å². The van der Waals surface area contributed by atoms with Crippen LogP contribution >= 0.6 is 12.4 Å². The number of carbonyl (C=O) groups excluding carboxylic acids is 3. The van der Waals surface area contributed by atoms with Gasteiger partial charge in [-0.3, -0.25) is 14.5 Å². The molecule has 0 spiro atoms. The first kappa shape index (κ1) is 19.7. The Kier molecular flexibility index (Phi) is 7.67. The Labute approximate surface area is 131 Å². The highest BCUT2D eigenvalue weighted by atomic mass is 35.5. The minimum atomic E-state index is -0.852. The number of hydrogen-bond donors (Lipinski definition) is 3. The third kappa shape index (κ3) is 4.31. The summed E-state index contributed by atoms with van der Waals surface area (Å²) in [6.07, 6.45) is 1.03. The first-order chi connectivity index (χ1) is 9.40. The van der Waals surface area contributed by atoms with Crippen molar-refractivity contribution >= 4 is 30.3 Å². The molecule has 0 saturated carbocycles. The molecule has 3 N–H and O–H groups in total. The van der Waals surface area contributed by atoms with Crippen LogP contribution in [0.25, 0.3) is 0 Å². The van der Waals surface area contributed by atoms with Crippen LogP contribution in [0.15, 0.2) is 0 Å². The van der Waals surface area contributed by atoms with Crippen LogP contribution in [0.2, 0.25) is 0 Å². The van der Waals surface area contributed by atoms with Crippen molar-refractivity contribution in [1.29, 1.82) is 0 Å². The number of halogens is 1. The van der Waals surface area contributed by atoms with Crippen molar-refractivity contribution in [3.63, 3.8) is 0 Å². The zero-order valence-electron chi connectivity index (χ0n) is 13.0. The molecular formula is C13H25ClN4O3. The fourth-order valence-electron chi connectivity index (χ4n) is 2.12. The van der Waals surface area contributed by atoms with E-state index in [-0.39, 0.29) is 36.8 Å². The van der Waals surface area contributed by atoms with E-state index in [1.54, 1.807) is 7.05 Å². The number of rotatable bonds is 7. The number of imide groups is 1. The van der Waals surface area contributed by atoms with Crippen LogP contribution < -0.4 is 16.0 Å². The van der Waals surface area contributed by atoms with E-state index in [0.717, 1.165) is 4.90 Å². The first-order valence-electron chi connectivity index (χ1n) is 6.98. The SMILES string of the molecule is CCC1(CC)NC(=O)N(CC(=O)NCC(C)NC)C1=O.Cl. The number of amides is 4. The molecule has 8 heteroatoms. The van der Waals surface area contributed by atoms with Gasteiger partial charge in [-0.25, -0.2) is 4.79 Å². The zero-order chi connectivity index (χ0) is 15.3. The van der Waals surface area contributed by atoms with Gasteiger partial charge in [-0.05, 0) is 26.8 Å². The molecule has 1 fully saturated rings. The van der Waals surface area contributed by atoms with E-state index in [0.29, 0.717) is 19.4 Å². The summed E-state index contributed by atoms with van der Waals surface area (Å²) in [4.78, 5) is 36.9. The number of hydrogen-bond acceptors (Lipinski definition) is 4. The lowest BCUT2D eigenvalue weighted by Crippen LogP contribution is -2.47. The third-order valence-corrected chi connectivity index (χ3v) is 3.85. The van der Waals surface area contributed by atoms with Crippen molar-refractivity contribution in [2.75, 3.05) is 20.1 Å². The van der Waals surface area contributed by atoms with Crippen molar-refractivity contribution < 1.29 is 14.4 Å². The summed E-state index contributed by atoms with van der Waals surface area (Å²) in [6.45, 7) is 5.83. The summed E-state index contributed by atoms with van der Waals surface area (Å²) in [6, 6.07) is -0.358. The lowest BCUT2D eigenvalue weighted by Gasteiger charge is -2.23. The molecule has 1 atom stereocenters. The predicted molar refractivity (Wildman–Crippen MR) is 82.3 cm³/mol. The number of likely N-dealkylation sites (N-methyl/N-ethyl adjacent to an activating group) is 1. The van der Waals surface area contributed by atoms with Gasteiger partial charge in [-0.1, -0.05) is 13.8 Å². The van der Waals surface area contributed by atoms with Gasteiger partial charge in [0.05, 0.1) is 0 Å². The third-order valence-electron chi connectivity index (χ3n) is 3.85. The highest BCUT2D eigenvalue weighted by Gasteiger charge is 2.49. The minimum Gasteiger partial charge on any atom is -0.353 e. The second kappa shape index (κ2) is 8.19. The number of nitrogens with zero attached hydrogens (tertiary/aromatic N) is 1. The van der Waals surface area contributed by atoms with E-state index in [1.807, 2.05) is 20.8 Å². The first-order valence-corrected chi connectivity index (χ1v) is 6.98. The molecule has 7 nitrogen and oxygen atoms in total. The standard InChI is InChI=1S/C13H24N4O3.ClH/c1-5-13(6-2)11(19)17(12(20)16-13)8-10(18)15-7-9(3)14-4;/h9,14H,5-8H2,1-4H3,(H,15,18)(H,16,20);1H. The van der Waals surface area contributed by atoms with Crippen molar-refractivity contribution in [2.45, 2.75) is 45.2 Å². The molecule has 4 amide bonds. The molecule has 1 saturated heterocycles. The predicted octanol–water partition coefficient (Wildman–Crippen LogP) is 0.243. The lowest BCUT2D eigenvalue weighted by molar-refractivity contribution is -0.135. The molecule has 0 aromatic heterocycles. The Bertz CT molecular complexity index is 399. The fourth-order valence-corrected chi connectivity index (χ4v) is 2.12. The number of urea groups is 1. The summed E-state index contributed by atoms with van der Waals surface area (Å²) in [5, 5.41) is 8.37. The Balaban J connectivity index is 0.00000400. The van der Waals surface area contributed by atoms with E-state index in [1.165, 1.54) is 0 Å². The molecule has 1 unspecified atom stereocenters. The van der Waals surface area contributed by atoms with Crippen molar-refractivity contribution in [2.24, 2.45) is 0 Å². The normalized spacial score (nSPS) is 18.0. The van der Waals surface area contributed by atoms with E-state index in [4.69, 9.17) is 0 Å². The summed E-state index contributed by atoms with van der Waals surface area (Å²) in [5.74, 6) is -0.650. The highest BCUT2D eigenvalue weighted by Crippen LogP contribution is 2.24. The van der Waals surface area contributed by atoms with Gasteiger partial charge in [0.2, 0.25) is 5.91 Å². The van der Waals surface area contributed by atoms with Crippen LogP contribution in [0, 0.1) is 0 Å².